The highest BCUT2D eigenvalue weighted by Crippen LogP contribution is 2.23. The largest absolute Gasteiger partial charge is 0.313 e. The summed E-state index contributed by atoms with van der Waals surface area (Å²) < 4.78 is 23.1. The van der Waals surface area contributed by atoms with Crippen molar-refractivity contribution in [2.24, 2.45) is 5.92 Å². The molecule has 1 heterocycles. The summed E-state index contributed by atoms with van der Waals surface area (Å²) >= 11 is 0. The molecule has 4 nitrogen and oxygen atoms in total. The van der Waals surface area contributed by atoms with E-state index in [0.29, 0.717) is 24.1 Å². The van der Waals surface area contributed by atoms with Gasteiger partial charge in [-0.05, 0) is 31.7 Å². The minimum atomic E-state index is -2.77. The summed E-state index contributed by atoms with van der Waals surface area (Å²) in [6.07, 6.45) is 6.12. The van der Waals surface area contributed by atoms with Crippen molar-refractivity contribution in [2.45, 2.75) is 45.1 Å². The Hall–Kier alpha value is -0.130. The molecule has 19 heavy (non-hydrogen) atoms. The lowest BCUT2D eigenvalue weighted by Gasteiger charge is -2.28. The van der Waals surface area contributed by atoms with E-state index in [0.717, 1.165) is 32.0 Å². The monoisotopic (exact) mass is 288 g/mol. The molecule has 2 unspecified atom stereocenters. The van der Waals surface area contributed by atoms with Gasteiger partial charge in [-0.15, -0.1) is 0 Å². The summed E-state index contributed by atoms with van der Waals surface area (Å²) in [6.45, 7) is 5.97. The summed E-state index contributed by atoms with van der Waals surface area (Å²) in [5.74, 6) is 1.57. The van der Waals surface area contributed by atoms with Crippen LogP contribution in [0.5, 0.6) is 0 Å². The summed E-state index contributed by atoms with van der Waals surface area (Å²) in [5, 5.41) is 3.65. The van der Waals surface area contributed by atoms with Gasteiger partial charge in [0.15, 0.2) is 9.84 Å². The predicted octanol–water partition coefficient (Wildman–Crippen LogP) is 1.28. The Morgan fingerprint density at radius 2 is 2.00 bits per heavy atom. The van der Waals surface area contributed by atoms with Gasteiger partial charge in [-0.2, -0.15) is 0 Å². The third kappa shape index (κ3) is 5.40. The zero-order valence-electron chi connectivity index (χ0n) is 12.1. The number of hydrogen-bond acceptors (Lipinski definition) is 4. The SMILES string of the molecule is CC1CCCC(NCCN2CCCS(=O)(=O)CC2)C1. The van der Waals surface area contributed by atoms with E-state index in [2.05, 4.69) is 17.1 Å². The van der Waals surface area contributed by atoms with Gasteiger partial charge in [0.05, 0.1) is 11.5 Å². The first-order valence-electron chi connectivity index (χ1n) is 7.71. The molecule has 1 N–H and O–H groups in total. The Kier molecular flexibility index (Phi) is 5.66. The van der Waals surface area contributed by atoms with Crippen LogP contribution in [0, 0.1) is 5.92 Å². The van der Waals surface area contributed by atoms with Crippen molar-refractivity contribution in [1.29, 1.82) is 0 Å². The van der Waals surface area contributed by atoms with E-state index in [1.807, 2.05) is 0 Å². The lowest BCUT2D eigenvalue weighted by molar-refractivity contribution is 0.262. The van der Waals surface area contributed by atoms with Gasteiger partial charge in [-0.1, -0.05) is 19.8 Å². The highest BCUT2D eigenvalue weighted by molar-refractivity contribution is 7.91. The molecule has 2 rings (SSSR count). The molecule has 5 heteroatoms. The molecular weight excluding hydrogens is 260 g/mol. The van der Waals surface area contributed by atoms with E-state index >= 15 is 0 Å². The van der Waals surface area contributed by atoms with Crippen LogP contribution in [0.25, 0.3) is 0 Å². The van der Waals surface area contributed by atoms with Crippen LogP contribution in [-0.4, -0.2) is 57.0 Å². The van der Waals surface area contributed by atoms with Crippen molar-refractivity contribution in [3.8, 4) is 0 Å². The number of sulfone groups is 1. The number of hydrogen-bond donors (Lipinski definition) is 1. The zero-order valence-corrected chi connectivity index (χ0v) is 12.9. The second-order valence-electron chi connectivity index (χ2n) is 6.27. The summed E-state index contributed by atoms with van der Waals surface area (Å²) in [5.41, 5.74) is 0. The molecule has 0 aromatic heterocycles. The highest BCUT2D eigenvalue weighted by Gasteiger charge is 2.20. The van der Waals surface area contributed by atoms with Gasteiger partial charge in [0, 0.05) is 25.7 Å². The van der Waals surface area contributed by atoms with Crippen molar-refractivity contribution in [3.63, 3.8) is 0 Å². The summed E-state index contributed by atoms with van der Waals surface area (Å²) in [6, 6.07) is 0.680. The van der Waals surface area contributed by atoms with Crippen LogP contribution in [-0.2, 0) is 9.84 Å². The number of nitrogens with zero attached hydrogens (tertiary/aromatic N) is 1. The standard InChI is InChI=1S/C14H28N2O2S/c1-13-4-2-5-14(12-13)15-6-8-16-7-3-10-19(17,18)11-9-16/h13-15H,2-12H2,1H3. The molecule has 2 atom stereocenters. The molecule has 1 saturated heterocycles. The molecule has 2 aliphatic rings. The Morgan fingerprint density at radius 1 is 1.16 bits per heavy atom. The van der Waals surface area contributed by atoms with E-state index in [9.17, 15) is 8.42 Å². The molecule has 2 fully saturated rings. The van der Waals surface area contributed by atoms with Crippen LogP contribution >= 0.6 is 0 Å². The maximum Gasteiger partial charge on any atom is 0.151 e. The molecule has 0 spiro atoms. The van der Waals surface area contributed by atoms with Crippen molar-refractivity contribution in [2.75, 3.05) is 37.7 Å². The molecule has 1 aliphatic carbocycles. The lowest BCUT2D eigenvalue weighted by Crippen LogP contribution is -2.40. The van der Waals surface area contributed by atoms with Crippen molar-refractivity contribution < 1.29 is 8.42 Å². The Labute approximate surface area is 117 Å². The maximum absolute atomic E-state index is 11.5. The molecule has 0 aromatic carbocycles. The quantitative estimate of drug-likeness (QED) is 0.846. The predicted molar refractivity (Wildman–Crippen MR) is 79.1 cm³/mol. The smallest absolute Gasteiger partial charge is 0.151 e. The van der Waals surface area contributed by atoms with Crippen LogP contribution in [0.4, 0.5) is 0 Å². The van der Waals surface area contributed by atoms with Gasteiger partial charge in [-0.3, -0.25) is 0 Å². The molecule has 0 aromatic rings. The Bertz CT molecular complexity index is 370. The summed E-state index contributed by atoms with van der Waals surface area (Å²) in [4.78, 5) is 2.30. The molecule has 1 saturated carbocycles. The zero-order chi connectivity index (χ0) is 13.7. The molecule has 0 radical (unpaired) electrons. The molecule has 1 aliphatic heterocycles. The highest BCUT2D eigenvalue weighted by atomic mass is 32.2. The fraction of sp³-hybridized carbons (Fsp3) is 1.00. The minimum absolute atomic E-state index is 0.341. The third-order valence-corrected chi connectivity index (χ3v) is 6.16. The molecule has 112 valence electrons. The molecular formula is C14H28N2O2S. The average Bonchev–Trinajstić information content (AvgIpc) is 2.51. The van der Waals surface area contributed by atoms with E-state index in [-0.39, 0.29) is 0 Å². The van der Waals surface area contributed by atoms with Gasteiger partial charge >= 0.3 is 0 Å². The normalized spacial score (nSPS) is 32.9. The van der Waals surface area contributed by atoms with E-state index in [1.54, 1.807) is 0 Å². The van der Waals surface area contributed by atoms with Gasteiger partial charge in [0.25, 0.3) is 0 Å². The van der Waals surface area contributed by atoms with Gasteiger partial charge in [0.2, 0.25) is 0 Å². The van der Waals surface area contributed by atoms with Crippen LogP contribution in [0.3, 0.4) is 0 Å². The molecule has 0 bridgehead atoms. The first-order chi connectivity index (χ1) is 9.05. The fourth-order valence-corrected chi connectivity index (χ4v) is 4.57. The topological polar surface area (TPSA) is 49.4 Å². The minimum Gasteiger partial charge on any atom is -0.313 e. The maximum atomic E-state index is 11.5. The first-order valence-corrected chi connectivity index (χ1v) is 9.53. The Balaban J connectivity index is 1.65. The number of nitrogens with one attached hydrogen (secondary N) is 1. The van der Waals surface area contributed by atoms with Crippen LogP contribution in [0.2, 0.25) is 0 Å². The van der Waals surface area contributed by atoms with Crippen molar-refractivity contribution in [1.82, 2.24) is 10.2 Å². The van der Waals surface area contributed by atoms with E-state index < -0.39 is 9.84 Å². The van der Waals surface area contributed by atoms with Gasteiger partial charge < -0.3 is 10.2 Å². The van der Waals surface area contributed by atoms with Crippen LogP contribution in [0.15, 0.2) is 0 Å². The third-order valence-electron chi connectivity index (χ3n) is 4.45. The molecule has 0 amide bonds. The van der Waals surface area contributed by atoms with E-state index in [4.69, 9.17) is 0 Å². The van der Waals surface area contributed by atoms with Crippen LogP contribution in [0.1, 0.15) is 39.0 Å². The second kappa shape index (κ2) is 7.04. The van der Waals surface area contributed by atoms with Crippen LogP contribution < -0.4 is 5.32 Å². The second-order valence-corrected chi connectivity index (χ2v) is 8.57. The van der Waals surface area contributed by atoms with Crippen molar-refractivity contribution in [3.05, 3.63) is 0 Å². The first kappa shape index (κ1) is 15.3. The van der Waals surface area contributed by atoms with Gasteiger partial charge in [0.1, 0.15) is 0 Å². The fourth-order valence-electron chi connectivity index (χ4n) is 3.26. The van der Waals surface area contributed by atoms with E-state index in [1.165, 1.54) is 25.7 Å². The summed E-state index contributed by atoms with van der Waals surface area (Å²) in [7, 11) is -2.77. The Morgan fingerprint density at radius 3 is 2.79 bits per heavy atom. The van der Waals surface area contributed by atoms with Gasteiger partial charge in [-0.25, -0.2) is 8.42 Å². The van der Waals surface area contributed by atoms with Crippen molar-refractivity contribution >= 4 is 9.84 Å². The average molecular weight is 288 g/mol. The number of rotatable bonds is 4. The lowest BCUT2D eigenvalue weighted by atomic mass is 9.87.